The molecule has 0 saturated heterocycles. The van der Waals surface area contributed by atoms with Crippen molar-refractivity contribution in [3.8, 4) is 17.2 Å². The number of halogens is 2. The maximum absolute atomic E-state index is 15.1. The van der Waals surface area contributed by atoms with Crippen molar-refractivity contribution in [3.05, 3.63) is 94.5 Å². The molecule has 0 aliphatic heterocycles. The number of carbonyl (C=O) groups excluding carboxylic acids is 1. The molecule has 0 radical (unpaired) electrons. The number of pyridine rings is 1. The number of hydrogen-bond donors (Lipinski definition) is 4. The van der Waals surface area contributed by atoms with Crippen LogP contribution in [0.25, 0.3) is 16.7 Å². The van der Waals surface area contributed by atoms with Crippen molar-refractivity contribution < 1.29 is 28.2 Å². The molecule has 1 atom stereocenters. The number of amides is 1. The van der Waals surface area contributed by atoms with Gasteiger partial charge in [0.25, 0.3) is 11.5 Å². The monoisotopic (exact) mass is 563 g/mol. The first-order valence-corrected chi connectivity index (χ1v) is 12.2. The summed E-state index contributed by atoms with van der Waals surface area (Å²) in [6.07, 6.45) is 2.71. The molecule has 1 amide bonds. The number of aliphatic hydroxyl groups excluding tert-OH is 1. The first-order valence-electron chi connectivity index (χ1n) is 12.2. The van der Waals surface area contributed by atoms with Crippen LogP contribution in [0.2, 0.25) is 0 Å². The summed E-state index contributed by atoms with van der Waals surface area (Å²) in [6, 6.07) is 11.1. The molecule has 2 aromatic carbocycles. The third-order valence-electron chi connectivity index (χ3n) is 5.92. The molecule has 4 N–H and O–H groups in total. The molecule has 0 spiro atoms. The zero-order valence-corrected chi connectivity index (χ0v) is 21.5. The number of anilines is 2. The van der Waals surface area contributed by atoms with Crippen molar-refractivity contribution in [2.24, 2.45) is 0 Å². The molecule has 0 bridgehead atoms. The lowest BCUT2D eigenvalue weighted by Crippen LogP contribution is -2.29. The number of carbonyl (C=O) groups is 1. The zero-order chi connectivity index (χ0) is 28.9. The Morgan fingerprint density at radius 1 is 1.10 bits per heavy atom. The molecule has 0 aliphatic rings. The molecule has 210 valence electrons. The van der Waals surface area contributed by atoms with Crippen molar-refractivity contribution >= 4 is 28.4 Å². The van der Waals surface area contributed by atoms with E-state index in [0.717, 1.165) is 22.9 Å². The van der Waals surface area contributed by atoms with E-state index < -0.39 is 29.1 Å². The first-order chi connectivity index (χ1) is 19.9. The predicted molar refractivity (Wildman–Crippen MR) is 144 cm³/mol. The van der Waals surface area contributed by atoms with Crippen molar-refractivity contribution in [1.29, 1.82) is 0 Å². The van der Waals surface area contributed by atoms with Crippen LogP contribution in [0.5, 0.6) is 11.5 Å². The summed E-state index contributed by atoms with van der Waals surface area (Å²) in [6.45, 7) is -0.0112. The number of methoxy groups -OCH3 is 1. The summed E-state index contributed by atoms with van der Waals surface area (Å²) in [4.78, 5) is 29.9. The third-order valence-corrected chi connectivity index (χ3v) is 5.92. The van der Waals surface area contributed by atoms with Gasteiger partial charge in [0.2, 0.25) is 0 Å². The summed E-state index contributed by atoms with van der Waals surface area (Å²) in [5, 5.41) is 26.4. The minimum Gasteiger partial charge on any atom is -0.453 e. The fraction of sp³-hybridized carbons (Fsp3) is 0.148. The van der Waals surface area contributed by atoms with Gasteiger partial charge in [-0.25, -0.2) is 13.8 Å². The van der Waals surface area contributed by atoms with Crippen LogP contribution in [0.15, 0.2) is 71.8 Å². The van der Waals surface area contributed by atoms with E-state index in [1.54, 1.807) is 0 Å². The highest BCUT2D eigenvalue weighted by atomic mass is 19.1. The molecule has 0 saturated carbocycles. The molecule has 41 heavy (non-hydrogen) atoms. The van der Waals surface area contributed by atoms with Gasteiger partial charge >= 0.3 is 0 Å². The Morgan fingerprint density at radius 3 is 2.63 bits per heavy atom. The van der Waals surface area contributed by atoms with Crippen LogP contribution in [0.4, 0.5) is 20.3 Å². The minimum absolute atomic E-state index is 0.0697. The number of aromatic nitrogens is 5. The van der Waals surface area contributed by atoms with Crippen LogP contribution in [0.3, 0.4) is 0 Å². The van der Waals surface area contributed by atoms with Crippen LogP contribution in [0, 0.1) is 11.6 Å². The van der Waals surface area contributed by atoms with Gasteiger partial charge in [-0.05, 0) is 42.5 Å². The number of aromatic amines is 1. The van der Waals surface area contributed by atoms with Gasteiger partial charge in [0.15, 0.2) is 23.0 Å². The van der Waals surface area contributed by atoms with E-state index in [2.05, 4.69) is 30.9 Å². The van der Waals surface area contributed by atoms with Gasteiger partial charge in [0.1, 0.15) is 22.5 Å². The topological polar surface area (TPSA) is 156 Å². The smallest absolute Gasteiger partial charge is 0.284 e. The molecule has 3 aromatic heterocycles. The Balaban J connectivity index is 1.35. The van der Waals surface area contributed by atoms with Crippen LogP contribution in [-0.4, -0.2) is 62.3 Å². The Hall–Kier alpha value is -5.21. The summed E-state index contributed by atoms with van der Waals surface area (Å²) < 4.78 is 40.2. The number of ether oxygens (including phenoxy) is 2. The van der Waals surface area contributed by atoms with E-state index in [1.165, 1.54) is 55.9 Å². The SMILES string of the molecule is COCC(CO)Nc1n[nH]c2nccc(Oc3ccc(NC(=O)c4ccnn(-c5ccc(F)cc5)c4=O)cc3F)c12. The number of rotatable bonds is 10. The van der Waals surface area contributed by atoms with Crippen molar-refractivity contribution in [1.82, 2.24) is 25.0 Å². The highest BCUT2D eigenvalue weighted by Crippen LogP contribution is 2.34. The summed E-state index contributed by atoms with van der Waals surface area (Å²) in [7, 11) is 1.50. The highest BCUT2D eigenvalue weighted by molar-refractivity contribution is 6.04. The third kappa shape index (κ3) is 5.88. The second kappa shape index (κ2) is 11.9. The van der Waals surface area contributed by atoms with Crippen LogP contribution < -0.4 is 20.9 Å². The molecule has 5 rings (SSSR count). The van der Waals surface area contributed by atoms with Gasteiger partial charge in [0, 0.05) is 37.3 Å². The average Bonchev–Trinajstić information content (AvgIpc) is 3.38. The minimum atomic E-state index is -0.795. The predicted octanol–water partition coefficient (Wildman–Crippen LogP) is 3.25. The van der Waals surface area contributed by atoms with E-state index in [4.69, 9.17) is 9.47 Å². The molecular formula is C27H23F2N7O5. The Kier molecular flexibility index (Phi) is 7.94. The van der Waals surface area contributed by atoms with E-state index >= 15 is 4.39 Å². The van der Waals surface area contributed by atoms with Crippen LogP contribution in [0.1, 0.15) is 10.4 Å². The first kappa shape index (κ1) is 27.4. The normalized spacial score (nSPS) is 11.8. The van der Waals surface area contributed by atoms with Gasteiger partial charge in [-0.2, -0.15) is 14.9 Å². The Morgan fingerprint density at radius 2 is 1.90 bits per heavy atom. The molecule has 5 aromatic rings. The van der Waals surface area contributed by atoms with Gasteiger partial charge in [-0.3, -0.25) is 14.7 Å². The van der Waals surface area contributed by atoms with Crippen LogP contribution >= 0.6 is 0 Å². The van der Waals surface area contributed by atoms with Gasteiger partial charge in [-0.15, -0.1) is 0 Å². The fourth-order valence-corrected chi connectivity index (χ4v) is 3.98. The molecular weight excluding hydrogens is 540 g/mol. The number of nitrogens with one attached hydrogen (secondary N) is 3. The Bertz CT molecular complexity index is 1760. The molecule has 0 fully saturated rings. The number of benzene rings is 2. The maximum Gasteiger partial charge on any atom is 0.284 e. The van der Waals surface area contributed by atoms with E-state index in [9.17, 15) is 19.1 Å². The molecule has 12 nitrogen and oxygen atoms in total. The van der Waals surface area contributed by atoms with Crippen molar-refractivity contribution in [3.63, 3.8) is 0 Å². The number of fused-ring (bicyclic) bond motifs is 1. The number of H-pyrrole nitrogens is 1. The lowest BCUT2D eigenvalue weighted by Gasteiger charge is -2.15. The molecule has 3 heterocycles. The number of hydrogen-bond acceptors (Lipinski definition) is 9. The highest BCUT2D eigenvalue weighted by Gasteiger charge is 2.19. The lowest BCUT2D eigenvalue weighted by molar-refractivity contribution is 0.102. The van der Waals surface area contributed by atoms with Gasteiger partial charge in [0.05, 0.1) is 24.9 Å². The summed E-state index contributed by atoms with van der Waals surface area (Å²) >= 11 is 0. The summed E-state index contributed by atoms with van der Waals surface area (Å²) in [5.41, 5.74) is -0.284. The van der Waals surface area contributed by atoms with Gasteiger partial charge in [-0.1, -0.05) is 0 Å². The molecule has 0 aliphatic carbocycles. The van der Waals surface area contributed by atoms with Crippen molar-refractivity contribution in [2.75, 3.05) is 31.0 Å². The fourth-order valence-electron chi connectivity index (χ4n) is 3.98. The number of nitrogens with zero attached hydrogens (tertiary/aromatic N) is 4. The standard InChI is InChI=1S/C27H23F2N7O5/c1-40-14-17(13-37)32-25-23-22(9-10-30-24(23)34-35-25)41-21-7-4-16(12-20(21)29)33-26(38)19-8-11-31-36(27(19)39)18-5-2-15(28)3-6-18/h2-12,17,37H,13-14H2,1H3,(H,33,38)(H2,30,32,34,35). The zero-order valence-electron chi connectivity index (χ0n) is 21.5. The second-order valence-corrected chi connectivity index (χ2v) is 8.72. The van der Waals surface area contributed by atoms with E-state index in [0.29, 0.717) is 16.9 Å². The Labute approximate surface area is 230 Å². The average molecular weight is 564 g/mol. The largest absolute Gasteiger partial charge is 0.453 e. The lowest BCUT2D eigenvalue weighted by atomic mass is 10.2. The summed E-state index contributed by atoms with van der Waals surface area (Å²) in [5.74, 6) is -1.67. The van der Waals surface area contributed by atoms with Crippen LogP contribution in [-0.2, 0) is 4.74 Å². The molecule has 1 unspecified atom stereocenters. The molecule has 14 heteroatoms. The second-order valence-electron chi connectivity index (χ2n) is 8.72. The van der Waals surface area contributed by atoms with Crippen molar-refractivity contribution in [2.45, 2.75) is 6.04 Å². The van der Waals surface area contributed by atoms with E-state index in [1.807, 2.05) is 0 Å². The van der Waals surface area contributed by atoms with E-state index in [-0.39, 0.29) is 41.7 Å². The quantitative estimate of drug-likeness (QED) is 0.200. The van der Waals surface area contributed by atoms with Gasteiger partial charge < -0.3 is 25.2 Å². The number of aliphatic hydroxyl groups is 1. The maximum atomic E-state index is 15.1.